The minimum atomic E-state index is -0.369. The van der Waals surface area contributed by atoms with E-state index < -0.39 is 0 Å². The molecule has 4 aromatic rings. The van der Waals surface area contributed by atoms with Gasteiger partial charge in [-0.3, -0.25) is 25.0 Å². The summed E-state index contributed by atoms with van der Waals surface area (Å²) in [6, 6.07) is 20.2. The molecule has 0 aliphatic carbocycles. The standard InChI is InChI=1S/C22H19N5O2S/c1-2-27-21(29)16-11-6-7-13-18(16)24-22(27)26-25-19(28)17-12-8-14-23-20(17)30-15-9-4-3-5-10-15/h3-14H,2H2,1H3,(H,24,26)(H,25,28). The summed E-state index contributed by atoms with van der Waals surface area (Å²) in [5.41, 5.74) is 6.26. The molecule has 2 heterocycles. The van der Waals surface area contributed by atoms with Crippen molar-refractivity contribution in [1.82, 2.24) is 20.0 Å². The number of hydrogen-bond acceptors (Lipinski definition) is 6. The maximum atomic E-state index is 12.8. The number of fused-ring (bicyclic) bond motifs is 1. The quantitative estimate of drug-likeness (QED) is 0.465. The zero-order valence-corrected chi connectivity index (χ0v) is 17.0. The van der Waals surface area contributed by atoms with Crippen molar-refractivity contribution in [3.8, 4) is 0 Å². The van der Waals surface area contributed by atoms with Crippen LogP contribution in [0.15, 0.2) is 87.6 Å². The molecule has 2 aromatic heterocycles. The first-order valence-electron chi connectivity index (χ1n) is 9.41. The van der Waals surface area contributed by atoms with Crippen molar-refractivity contribution in [1.29, 1.82) is 0 Å². The summed E-state index contributed by atoms with van der Waals surface area (Å²) in [6.45, 7) is 2.26. The molecule has 0 radical (unpaired) electrons. The number of rotatable bonds is 6. The highest BCUT2D eigenvalue weighted by molar-refractivity contribution is 7.99. The van der Waals surface area contributed by atoms with Gasteiger partial charge in [-0.1, -0.05) is 42.1 Å². The fraction of sp³-hybridized carbons (Fsp3) is 0.0909. The van der Waals surface area contributed by atoms with Gasteiger partial charge >= 0.3 is 0 Å². The van der Waals surface area contributed by atoms with E-state index >= 15 is 0 Å². The van der Waals surface area contributed by atoms with Crippen LogP contribution in [0.3, 0.4) is 0 Å². The number of pyridine rings is 1. The molecule has 2 N–H and O–H groups in total. The Morgan fingerprint density at radius 3 is 2.60 bits per heavy atom. The van der Waals surface area contributed by atoms with Gasteiger partial charge < -0.3 is 0 Å². The largest absolute Gasteiger partial charge is 0.277 e. The zero-order chi connectivity index (χ0) is 20.9. The SMILES string of the molecule is CCn1c(NNC(=O)c2cccnc2Sc2ccccc2)nc2ccccc2c1=O. The summed E-state index contributed by atoms with van der Waals surface area (Å²) in [5.74, 6) is -0.0951. The lowest BCUT2D eigenvalue weighted by molar-refractivity contribution is 0.0958. The van der Waals surface area contributed by atoms with Crippen LogP contribution in [0.4, 0.5) is 5.95 Å². The molecule has 0 atom stereocenters. The number of amides is 1. The summed E-state index contributed by atoms with van der Waals surface area (Å²) in [5, 5.41) is 1.12. The molecule has 8 heteroatoms. The van der Waals surface area contributed by atoms with Crippen molar-refractivity contribution in [3.63, 3.8) is 0 Å². The highest BCUT2D eigenvalue weighted by Crippen LogP contribution is 2.28. The molecule has 0 aliphatic rings. The average Bonchev–Trinajstić information content (AvgIpc) is 2.79. The molecule has 0 saturated carbocycles. The number of carbonyl (C=O) groups is 1. The molecule has 0 fully saturated rings. The molecule has 7 nitrogen and oxygen atoms in total. The summed E-state index contributed by atoms with van der Waals surface area (Å²) >= 11 is 1.41. The molecule has 0 spiro atoms. The van der Waals surface area contributed by atoms with Gasteiger partial charge in [0, 0.05) is 17.6 Å². The third kappa shape index (κ3) is 4.04. The molecule has 2 aromatic carbocycles. The van der Waals surface area contributed by atoms with E-state index in [9.17, 15) is 9.59 Å². The van der Waals surface area contributed by atoms with Crippen LogP contribution in [0.1, 0.15) is 17.3 Å². The number of para-hydroxylation sites is 1. The van der Waals surface area contributed by atoms with Crippen molar-refractivity contribution in [2.75, 3.05) is 5.43 Å². The predicted molar refractivity (Wildman–Crippen MR) is 118 cm³/mol. The monoisotopic (exact) mass is 417 g/mol. The van der Waals surface area contributed by atoms with Gasteiger partial charge in [-0.15, -0.1) is 0 Å². The normalized spacial score (nSPS) is 10.7. The number of hydrazine groups is 1. The summed E-state index contributed by atoms with van der Waals surface area (Å²) in [6.07, 6.45) is 1.65. The van der Waals surface area contributed by atoms with Crippen molar-refractivity contribution >= 4 is 34.5 Å². The third-order valence-corrected chi connectivity index (χ3v) is 5.47. The topological polar surface area (TPSA) is 88.9 Å². The Balaban J connectivity index is 1.58. The minimum absolute atomic E-state index is 0.165. The van der Waals surface area contributed by atoms with Gasteiger partial charge in [-0.05, 0) is 43.3 Å². The summed E-state index contributed by atoms with van der Waals surface area (Å²) < 4.78 is 1.48. The fourth-order valence-electron chi connectivity index (χ4n) is 2.98. The first-order chi connectivity index (χ1) is 14.7. The predicted octanol–water partition coefficient (Wildman–Crippen LogP) is 3.72. The van der Waals surface area contributed by atoms with E-state index in [4.69, 9.17) is 0 Å². The van der Waals surface area contributed by atoms with Crippen molar-refractivity contribution < 1.29 is 4.79 Å². The van der Waals surface area contributed by atoms with Gasteiger partial charge in [0.1, 0.15) is 5.03 Å². The van der Waals surface area contributed by atoms with Crippen LogP contribution in [0, 0.1) is 0 Å². The number of nitrogens with zero attached hydrogens (tertiary/aromatic N) is 3. The van der Waals surface area contributed by atoms with E-state index in [1.165, 1.54) is 16.3 Å². The first-order valence-corrected chi connectivity index (χ1v) is 10.2. The van der Waals surface area contributed by atoms with Crippen LogP contribution in [0.2, 0.25) is 0 Å². The smallest absolute Gasteiger partial charge is 0.272 e. The summed E-state index contributed by atoms with van der Waals surface area (Å²) in [4.78, 5) is 35.3. The molecule has 0 bridgehead atoms. The van der Waals surface area contributed by atoms with Gasteiger partial charge in [0.15, 0.2) is 0 Å². The van der Waals surface area contributed by atoms with Gasteiger partial charge in [-0.2, -0.15) is 0 Å². The third-order valence-electron chi connectivity index (χ3n) is 4.44. The lowest BCUT2D eigenvalue weighted by atomic mass is 10.2. The van der Waals surface area contributed by atoms with Crippen LogP contribution in [0.5, 0.6) is 0 Å². The number of nitrogens with one attached hydrogen (secondary N) is 2. The fourth-order valence-corrected chi connectivity index (χ4v) is 3.88. The van der Waals surface area contributed by atoms with Crippen molar-refractivity contribution in [3.05, 3.63) is 88.8 Å². The Bertz CT molecular complexity index is 1260. The van der Waals surface area contributed by atoms with E-state index in [0.29, 0.717) is 28.0 Å². The molecule has 0 saturated heterocycles. The molecule has 4 rings (SSSR count). The second kappa shape index (κ2) is 8.79. The molecule has 0 unspecified atom stereocenters. The first kappa shape index (κ1) is 19.7. The van der Waals surface area contributed by atoms with E-state index in [0.717, 1.165) is 4.90 Å². The Labute approximate surface area is 177 Å². The Kier molecular flexibility index (Phi) is 5.76. The van der Waals surface area contributed by atoms with Crippen molar-refractivity contribution in [2.24, 2.45) is 0 Å². The highest BCUT2D eigenvalue weighted by Gasteiger charge is 2.15. The van der Waals surface area contributed by atoms with Gasteiger partial charge in [0.25, 0.3) is 11.5 Å². The molecule has 30 heavy (non-hydrogen) atoms. The van der Waals surface area contributed by atoms with Crippen molar-refractivity contribution in [2.45, 2.75) is 23.4 Å². The van der Waals surface area contributed by atoms with Crippen LogP contribution in [0.25, 0.3) is 10.9 Å². The lowest BCUT2D eigenvalue weighted by Crippen LogP contribution is -2.34. The number of aromatic nitrogens is 3. The van der Waals surface area contributed by atoms with E-state index in [1.807, 2.05) is 43.3 Å². The van der Waals surface area contributed by atoms with Crippen LogP contribution in [-0.4, -0.2) is 20.4 Å². The average molecular weight is 417 g/mol. The maximum Gasteiger partial charge on any atom is 0.272 e. The summed E-state index contributed by atoms with van der Waals surface area (Å²) in [7, 11) is 0. The van der Waals surface area contributed by atoms with Crippen LogP contribution in [-0.2, 0) is 6.54 Å². The van der Waals surface area contributed by atoms with Gasteiger partial charge in [0.05, 0.1) is 16.5 Å². The minimum Gasteiger partial charge on any atom is -0.277 e. The number of anilines is 1. The molecular weight excluding hydrogens is 398 g/mol. The van der Waals surface area contributed by atoms with Crippen LogP contribution >= 0.6 is 11.8 Å². The zero-order valence-electron chi connectivity index (χ0n) is 16.2. The Morgan fingerprint density at radius 1 is 1.03 bits per heavy atom. The highest BCUT2D eigenvalue weighted by atomic mass is 32.2. The number of benzene rings is 2. The maximum absolute atomic E-state index is 12.8. The van der Waals surface area contributed by atoms with E-state index in [-0.39, 0.29) is 17.4 Å². The van der Waals surface area contributed by atoms with E-state index in [1.54, 1.807) is 36.5 Å². The molecule has 1 amide bonds. The molecule has 150 valence electrons. The van der Waals surface area contributed by atoms with Gasteiger partial charge in [-0.25, -0.2) is 9.97 Å². The second-order valence-corrected chi connectivity index (χ2v) is 7.41. The van der Waals surface area contributed by atoms with E-state index in [2.05, 4.69) is 20.8 Å². The molecule has 0 aliphatic heterocycles. The molecular formula is C22H19N5O2S. The van der Waals surface area contributed by atoms with Gasteiger partial charge in [0.2, 0.25) is 5.95 Å². The van der Waals surface area contributed by atoms with Crippen LogP contribution < -0.4 is 16.4 Å². The lowest BCUT2D eigenvalue weighted by Gasteiger charge is -2.14. The number of hydrogen-bond donors (Lipinski definition) is 2. The number of carbonyl (C=O) groups excluding carboxylic acids is 1. The second-order valence-electron chi connectivity index (χ2n) is 6.35. The Morgan fingerprint density at radius 2 is 1.80 bits per heavy atom. The Hall–Kier alpha value is -3.65.